The number of hydrogen-bond acceptors (Lipinski definition) is 3. The molecule has 7 nitrogen and oxygen atoms in total. The Morgan fingerprint density at radius 1 is 0.879 bits per heavy atom. The lowest BCUT2D eigenvalue weighted by atomic mass is 9.94. The zero-order valence-electron chi connectivity index (χ0n) is 19.3. The molecule has 1 aliphatic rings. The summed E-state index contributed by atoms with van der Waals surface area (Å²) in [6.07, 6.45) is 5.05. The van der Waals surface area contributed by atoms with Crippen LogP contribution >= 0.6 is 0 Å². The lowest BCUT2D eigenvalue weighted by Crippen LogP contribution is -2.43. The van der Waals surface area contributed by atoms with Crippen LogP contribution in [0.4, 0.5) is 9.59 Å². The van der Waals surface area contributed by atoms with Gasteiger partial charge in [-0.15, -0.1) is 0 Å². The van der Waals surface area contributed by atoms with Gasteiger partial charge in [-0.25, -0.2) is 14.6 Å². The van der Waals surface area contributed by atoms with Crippen LogP contribution in [-0.4, -0.2) is 39.6 Å². The highest BCUT2D eigenvalue weighted by Gasteiger charge is 2.25. The van der Waals surface area contributed by atoms with Gasteiger partial charge in [-0.3, -0.25) is 4.57 Å². The molecule has 0 radical (unpaired) electrons. The smallest absolute Gasteiger partial charge is 0.327 e. The molecule has 1 aromatic heterocycles. The Morgan fingerprint density at radius 2 is 1.42 bits per heavy atom. The summed E-state index contributed by atoms with van der Waals surface area (Å²) in [7, 11) is 0. The molecule has 0 spiro atoms. The molecular weight excluding hydrogens is 414 g/mol. The van der Waals surface area contributed by atoms with Crippen LogP contribution in [0.25, 0.3) is 0 Å². The molecule has 172 valence electrons. The molecule has 0 aliphatic carbocycles. The predicted molar refractivity (Wildman–Crippen MR) is 128 cm³/mol. The standard InChI is InChI=1S/C26H31N5O2/c1-19-7-3-5-9-22(19)15-27-25(32)30-13-11-21(12-14-30)24-17-31(18-29-24)26(33)28-16-23-10-6-4-8-20(23)2/h3-10,17-18,21H,11-16H2,1-2H3,(H,27,32)(H,28,33). The Labute approximate surface area is 194 Å². The van der Waals surface area contributed by atoms with Gasteiger partial charge in [0.2, 0.25) is 0 Å². The van der Waals surface area contributed by atoms with E-state index in [1.165, 1.54) is 10.1 Å². The number of urea groups is 1. The van der Waals surface area contributed by atoms with Gasteiger partial charge in [0.05, 0.1) is 5.69 Å². The van der Waals surface area contributed by atoms with Gasteiger partial charge in [0.1, 0.15) is 6.33 Å². The minimum atomic E-state index is -0.190. The van der Waals surface area contributed by atoms with E-state index in [0.29, 0.717) is 26.2 Å². The van der Waals surface area contributed by atoms with Crippen molar-refractivity contribution >= 4 is 12.1 Å². The minimum absolute atomic E-state index is 0.0298. The highest BCUT2D eigenvalue weighted by molar-refractivity contribution is 5.76. The third-order valence-corrected chi connectivity index (χ3v) is 6.42. The van der Waals surface area contributed by atoms with Crippen molar-refractivity contribution in [2.45, 2.75) is 45.7 Å². The van der Waals surface area contributed by atoms with E-state index >= 15 is 0 Å². The number of amides is 3. The van der Waals surface area contributed by atoms with Crippen molar-refractivity contribution in [3.05, 3.63) is 89.0 Å². The maximum absolute atomic E-state index is 12.6. The van der Waals surface area contributed by atoms with E-state index in [0.717, 1.165) is 35.2 Å². The van der Waals surface area contributed by atoms with Gasteiger partial charge in [0, 0.05) is 38.3 Å². The van der Waals surface area contributed by atoms with Crippen LogP contribution in [0.3, 0.4) is 0 Å². The van der Waals surface area contributed by atoms with E-state index in [9.17, 15) is 9.59 Å². The average Bonchev–Trinajstić information content (AvgIpc) is 3.33. The first-order chi connectivity index (χ1) is 16.0. The van der Waals surface area contributed by atoms with Crippen LogP contribution in [0.2, 0.25) is 0 Å². The zero-order valence-corrected chi connectivity index (χ0v) is 19.3. The molecule has 0 atom stereocenters. The molecular formula is C26H31N5O2. The van der Waals surface area contributed by atoms with Gasteiger partial charge >= 0.3 is 12.1 Å². The van der Waals surface area contributed by atoms with Crippen LogP contribution in [0.1, 0.15) is 46.7 Å². The van der Waals surface area contributed by atoms with Crippen molar-refractivity contribution in [1.82, 2.24) is 25.1 Å². The largest absolute Gasteiger partial charge is 0.334 e. The maximum atomic E-state index is 12.6. The summed E-state index contributed by atoms with van der Waals surface area (Å²) in [6.45, 7) is 6.46. The van der Waals surface area contributed by atoms with Crippen LogP contribution in [0.15, 0.2) is 61.1 Å². The predicted octanol–water partition coefficient (Wildman–Crippen LogP) is 4.35. The summed E-state index contributed by atoms with van der Waals surface area (Å²) < 4.78 is 1.51. The van der Waals surface area contributed by atoms with Crippen molar-refractivity contribution in [2.75, 3.05) is 13.1 Å². The lowest BCUT2D eigenvalue weighted by Gasteiger charge is -2.31. The summed E-state index contributed by atoms with van der Waals surface area (Å²) >= 11 is 0. The molecule has 3 amide bonds. The first kappa shape index (κ1) is 22.6. The Bertz CT molecular complexity index is 1120. The molecule has 7 heteroatoms. The summed E-state index contributed by atoms with van der Waals surface area (Å²) in [5, 5.41) is 5.98. The van der Waals surface area contributed by atoms with E-state index in [4.69, 9.17) is 0 Å². The van der Waals surface area contributed by atoms with Crippen molar-refractivity contribution in [3.63, 3.8) is 0 Å². The fraction of sp³-hybridized carbons (Fsp3) is 0.346. The molecule has 2 heterocycles. The van der Waals surface area contributed by atoms with Crippen molar-refractivity contribution in [3.8, 4) is 0 Å². The monoisotopic (exact) mass is 445 g/mol. The van der Waals surface area contributed by atoms with Gasteiger partial charge in [-0.05, 0) is 48.9 Å². The highest BCUT2D eigenvalue weighted by atomic mass is 16.2. The van der Waals surface area contributed by atoms with Crippen LogP contribution < -0.4 is 10.6 Å². The first-order valence-corrected chi connectivity index (χ1v) is 11.4. The highest BCUT2D eigenvalue weighted by Crippen LogP contribution is 2.26. The molecule has 33 heavy (non-hydrogen) atoms. The van der Waals surface area contributed by atoms with Gasteiger partial charge in [0.25, 0.3) is 0 Å². The zero-order chi connectivity index (χ0) is 23.2. The summed E-state index contributed by atoms with van der Waals surface area (Å²) in [6, 6.07) is 15.9. The molecule has 1 saturated heterocycles. The molecule has 3 aromatic rings. The summed E-state index contributed by atoms with van der Waals surface area (Å²) in [5.41, 5.74) is 5.46. The number of imidazole rings is 1. The van der Waals surface area contributed by atoms with E-state index in [1.54, 1.807) is 6.33 Å². The molecule has 2 aromatic carbocycles. The van der Waals surface area contributed by atoms with Crippen LogP contribution in [0, 0.1) is 13.8 Å². The number of benzene rings is 2. The van der Waals surface area contributed by atoms with Gasteiger partial charge in [0.15, 0.2) is 0 Å². The SMILES string of the molecule is Cc1ccccc1CNC(=O)N1CCC(c2cn(C(=O)NCc3ccccc3C)cn2)CC1. The Morgan fingerprint density at radius 3 is 2.00 bits per heavy atom. The van der Waals surface area contributed by atoms with Gasteiger partial charge < -0.3 is 15.5 Å². The topological polar surface area (TPSA) is 79.3 Å². The Kier molecular flexibility index (Phi) is 7.07. The quantitative estimate of drug-likeness (QED) is 0.613. The summed E-state index contributed by atoms with van der Waals surface area (Å²) in [4.78, 5) is 31.4. The third kappa shape index (κ3) is 5.61. The number of aryl methyl sites for hydroxylation is 2. The molecule has 4 rings (SSSR count). The fourth-order valence-corrected chi connectivity index (χ4v) is 4.20. The number of aromatic nitrogens is 2. The molecule has 1 fully saturated rings. The summed E-state index contributed by atoms with van der Waals surface area (Å²) in [5.74, 6) is 0.246. The van der Waals surface area contributed by atoms with Gasteiger partial charge in [-0.1, -0.05) is 48.5 Å². The number of carbonyl (C=O) groups is 2. The lowest BCUT2D eigenvalue weighted by molar-refractivity contribution is 0.180. The molecule has 0 saturated carbocycles. The van der Waals surface area contributed by atoms with E-state index in [-0.39, 0.29) is 18.0 Å². The molecule has 0 bridgehead atoms. The maximum Gasteiger partial charge on any atom is 0.327 e. The molecule has 1 aliphatic heterocycles. The number of nitrogens with one attached hydrogen (secondary N) is 2. The van der Waals surface area contributed by atoms with Crippen molar-refractivity contribution in [1.29, 1.82) is 0 Å². The van der Waals surface area contributed by atoms with Crippen LogP contribution in [0.5, 0.6) is 0 Å². The number of nitrogens with zero attached hydrogens (tertiary/aromatic N) is 3. The van der Waals surface area contributed by atoms with Crippen LogP contribution in [-0.2, 0) is 13.1 Å². The number of rotatable bonds is 5. The number of hydrogen-bond donors (Lipinski definition) is 2. The van der Waals surface area contributed by atoms with E-state index < -0.39 is 0 Å². The number of carbonyl (C=O) groups excluding carboxylic acids is 2. The Balaban J connectivity index is 1.25. The third-order valence-electron chi connectivity index (χ3n) is 6.42. The van der Waals surface area contributed by atoms with E-state index in [2.05, 4.69) is 28.6 Å². The number of likely N-dealkylation sites (tertiary alicyclic amines) is 1. The Hall–Kier alpha value is -3.61. The van der Waals surface area contributed by atoms with E-state index in [1.807, 2.05) is 60.5 Å². The van der Waals surface area contributed by atoms with Gasteiger partial charge in [-0.2, -0.15) is 0 Å². The first-order valence-electron chi connectivity index (χ1n) is 11.4. The molecule has 2 N–H and O–H groups in total. The van der Waals surface area contributed by atoms with Crippen molar-refractivity contribution < 1.29 is 9.59 Å². The minimum Gasteiger partial charge on any atom is -0.334 e. The second kappa shape index (κ2) is 10.3. The van der Waals surface area contributed by atoms with Crippen molar-refractivity contribution in [2.24, 2.45) is 0 Å². The normalized spacial score (nSPS) is 14.2. The molecule has 0 unspecified atom stereocenters. The second-order valence-corrected chi connectivity index (χ2v) is 8.64. The second-order valence-electron chi connectivity index (χ2n) is 8.64. The number of piperidine rings is 1. The fourth-order valence-electron chi connectivity index (χ4n) is 4.20. The average molecular weight is 446 g/mol.